The zero-order chi connectivity index (χ0) is 18.7. The molecule has 7 nitrogen and oxygen atoms in total. The molecule has 0 spiro atoms. The normalized spacial score (nSPS) is 17.2. The Bertz CT molecular complexity index is 848. The zero-order valence-electron chi connectivity index (χ0n) is 14.3. The van der Waals surface area contributed by atoms with Gasteiger partial charge in [0, 0.05) is 43.4 Å². The van der Waals surface area contributed by atoms with Crippen molar-refractivity contribution >= 4 is 29.1 Å². The highest BCUT2D eigenvalue weighted by molar-refractivity contribution is 7.13. The number of thiazole rings is 1. The standard InChI is InChI=1S/C18H19N3O4S/c1-21-6-5-12(8-15(21)22)16(23)19-9-11-3-2-4-13(7-11)17-20-14(10-26-17)18(24)25/h2-4,7,10,12H,5-6,8-9H2,1H3,(H,19,23)(H,24,25). The number of aromatic carboxylic acids is 1. The number of aromatic nitrogens is 1. The summed E-state index contributed by atoms with van der Waals surface area (Å²) in [5.74, 6) is -1.45. The largest absolute Gasteiger partial charge is 0.476 e. The molecule has 8 heteroatoms. The van der Waals surface area contributed by atoms with E-state index in [2.05, 4.69) is 10.3 Å². The smallest absolute Gasteiger partial charge is 0.355 e. The molecule has 0 saturated carbocycles. The van der Waals surface area contributed by atoms with Gasteiger partial charge in [-0.1, -0.05) is 18.2 Å². The third-order valence-electron chi connectivity index (χ3n) is 4.39. The van der Waals surface area contributed by atoms with Gasteiger partial charge in [-0.05, 0) is 18.1 Å². The maximum Gasteiger partial charge on any atom is 0.355 e. The molecule has 2 heterocycles. The Balaban J connectivity index is 1.62. The van der Waals surface area contributed by atoms with Crippen LogP contribution in [-0.4, -0.2) is 46.4 Å². The van der Waals surface area contributed by atoms with Gasteiger partial charge in [0.15, 0.2) is 5.69 Å². The van der Waals surface area contributed by atoms with Crippen molar-refractivity contribution in [1.82, 2.24) is 15.2 Å². The molecule has 1 atom stereocenters. The van der Waals surface area contributed by atoms with E-state index in [-0.39, 0.29) is 29.8 Å². The highest BCUT2D eigenvalue weighted by Gasteiger charge is 2.28. The number of hydrogen-bond donors (Lipinski definition) is 2. The van der Waals surface area contributed by atoms with Crippen molar-refractivity contribution in [2.24, 2.45) is 5.92 Å². The lowest BCUT2D eigenvalue weighted by Crippen LogP contribution is -2.41. The molecule has 1 aliphatic heterocycles. The third kappa shape index (κ3) is 4.08. The van der Waals surface area contributed by atoms with Gasteiger partial charge in [0.25, 0.3) is 0 Å². The molecule has 1 aromatic carbocycles. The van der Waals surface area contributed by atoms with Gasteiger partial charge in [-0.15, -0.1) is 11.3 Å². The van der Waals surface area contributed by atoms with E-state index < -0.39 is 5.97 Å². The van der Waals surface area contributed by atoms with Crippen molar-refractivity contribution in [2.75, 3.05) is 13.6 Å². The summed E-state index contributed by atoms with van der Waals surface area (Å²) in [6, 6.07) is 7.46. The first kappa shape index (κ1) is 18.1. The van der Waals surface area contributed by atoms with E-state index >= 15 is 0 Å². The SMILES string of the molecule is CN1CCC(C(=O)NCc2cccc(-c3nc(C(=O)O)cs3)c2)CC1=O. The first-order valence-electron chi connectivity index (χ1n) is 8.24. The van der Waals surface area contributed by atoms with Crippen LogP contribution in [0.1, 0.15) is 28.9 Å². The Kier molecular flexibility index (Phi) is 5.32. The van der Waals surface area contributed by atoms with Crippen molar-refractivity contribution in [3.05, 3.63) is 40.9 Å². The average molecular weight is 373 g/mol. The number of benzene rings is 1. The van der Waals surface area contributed by atoms with Crippen LogP contribution in [-0.2, 0) is 16.1 Å². The molecule has 1 fully saturated rings. The first-order valence-corrected chi connectivity index (χ1v) is 9.12. The van der Waals surface area contributed by atoms with Crippen LogP contribution in [0.5, 0.6) is 0 Å². The Hall–Kier alpha value is -2.74. The fourth-order valence-corrected chi connectivity index (χ4v) is 3.61. The second-order valence-corrected chi connectivity index (χ2v) is 7.12. The second kappa shape index (κ2) is 7.65. The molecule has 2 aromatic rings. The highest BCUT2D eigenvalue weighted by atomic mass is 32.1. The summed E-state index contributed by atoms with van der Waals surface area (Å²) >= 11 is 1.27. The summed E-state index contributed by atoms with van der Waals surface area (Å²) in [6.45, 7) is 0.951. The lowest BCUT2D eigenvalue weighted by molar-refractivity contribution is -0.139. The van der Waals surface area contributed by atoms with Crippen molar-refractivity contribution in [1.29, 1.82) is 0 Å². The number of nitrogens with one attached hydrogen (secondary N) is 1. The predicted octanol–water partition coefficient (Wildman–Crippen LogP) is 1.99. The van der Waals surface area contributed by atoms with Crippen LogP contribution >= 0.6 is 11.3 Å². The molecule has 2 N–H and O–H groups in total. The first-order chi connectivity index (χ1) is 12.4. The summed E-state index contributed by atoms with van der Waals surface area (Å²) in [6.07, 6.45) is 0.921. The van der Waals surface area contributed by atoms with Crippen LogP contribution in [0.25, 0.3) is 10.6 Å². The summed E-state index contributed by atoms with van der Waals surface area (Å²) < 4.78 is 0. The zero-order valence-corrected chi connectivity index (χ0v) is 15.1. The molecule has 1 unspecified atom stereocenters. The van der Waals surface area contributed by atoms with Crippen LogP contribution in [0.3, 0.4) is 0 Å². The summed E-state index contributed by atoms with van der Waals surface area (Å²) in [5.41, 5.74) is 1.72. The number of carbonyl (C=O) groups excluding carboxylic acids is 2. The average Bonchev–Trinajstić information content (AvgIpc) is 3.13. The summed E-state index contributed by atoms with van der Waals surface area (Å²) in [7, 11) is 1.75. The Morgan fingerprint density at radius 3 is 2.92 bits per heavy atom. The van der Waals surface area contributed by atoms with E-state index in [0.29, 0.717) is 24.5 Å². The second-order valence-electron chi connectivity index (χ2n) is 6.27. The number of nitrogens with zero attached hydrogens (tertiary/aromatic N) is 2. The van der Waals surface area contributed by atoms with Gasteiger partial charge in [-0.2, -0.15) is 0 Å². The molecule has 0 aliphatic carbocycles. The number of piperidine rings is 1. The molecule has 26 heavy (non-hydrogen) atoms. The Morgan fingerprint density at radius 2 is 2.23 bits per heavy atom. The van der Waals surface area contributed by atoms with Gasteiger partial charge in [-0.25, -0.2) is 9.78 Å². The minimum absolute atomic E-state index is 0.00333. The number of carbonyl (C=O) groups is 3. The summed E-state index contributed by atoms with van der Waals surface area (Å²) in [5, 5.41) is 14.0. The number of rotatable bonds is 5. The Morgan fingerprint density at radius 1 is 1.42 bits per heavy atom. The molecular weight excluding hydrogens is 354 g/mol. The quantitative estimate of drug-likeness (QED) is 0.835. The number of carboxylic acids is 1. The van der Waals surface area contributed by atoms with Crippen LogP contribution in [0, 0.1) is 5.92 Å². The lowest BCUT2D eigenvalue weighted by atomic mass is 9.95. The molecule has 1 aromatic heterocycles. The Labute approximate surface area is 154 Å². The molecule has 0 radical (unpaired) electrons. The van der Waals surface area contributed by atoms with Crippen molar-refractivity contribution in [3.8, 4) is 10.6 Å². The van der Waals surface area contributed by atoms with E-state index in [1.165, 1.54) is 16.7 Å². The van der Waals surface area contributed by atoms with E-state index in [0.717, 1.165) is 11.1 Å². The molecule has 0 bridgehead atoms. The fraction of sp³-hybridized carbons (Fsp3) is 0.333. The van der Waals surface area contributed by atoms with E-state index in [1.807, 2.05) is 24.3 Å². The number of amides is 2. The van der Waals surface area contributed by atoms with Gasteiger partial charge in [0.05, 0.1) is 0 Å². The van der Waals surface area contributed by atoms with Crippen molar-refractivity contribution in [3.63, 3.8) is 0 Å². The van der Waals surface area contributed by atoms with Crippen molar-refractivity contribution < 1.29 is 19.5 Å². The van der Waals surface area contributed by atoms with E-state index in [1.54, 1.807) is 11.9 Å². The van der Waals surface area contributed by atoms with E-state index in [9.17, 15) is 14.4 Å². The molecule has 136 valence electrons. The maximum atomic E-state index is 12.3. The number of likely N-dealkylation sites (tertiary alicyclic amines) is 1. The van der Waals surface area contributed by atoms with Crippen LogP contribution in [0.2, 0.25) is 0 Å². The summed E-state index contributed by atoms with van der Waals surface area (Å²) in [4.78, 5) is 40.7. The van der Waals surface area contributed by atoms with Crippen LogP contribution < -0.4 is 5.32 Å². The fourth-order valence-electron chi connectivity index (χ4n) is 2.82. The van der Waals surface area contributed by atoms with Crippen molar-refractivity contribution in [2.45, 2.75) is 19.4 Å². The highest BCUT2D eigenvalue weighted by Crippen LogP contribution is 2.25. The number of hydrogen-bond acceptors (Lipinski definition) is 5. The van der Waals surface area contributed by atoms with Gasteiger partial charge in [-0.3, -0.25) is 9.59 Å². The topological polar surface area (TPSA) is 99.6 Å². The van der Waals surface area contributed by atoms with Gasteiger partial charge in [0.2, 0.25) is 11.8 Å². The van der Waals surface area contributed by atoms with Crippen LogP contribution in [0.4, 0.5) is 0 Å². The predicted molar refractivity (Wildman–Crippen MR) is 96.7 cm³/mol. The molecular formula is C18H19N3O4S. The number of carboxylic acid groups (broad SMARTS) is 1. The molecule has 2 amide bonds. The van der Waals surface area contributed by atoms with E-state index in [4.69, 9.17) is 5.11 Å². The maximum absolute atomic E-state index is 12.3. The lowest BCUT2D eigenvalue weighted by Gasteiger charge is -2.27. The van der Waals surface area contributed by atoms with Crippen LogP contribution in [0.15, 0.2) is 29.6 Å². The molecule has 1 aliphatic rings. The third-order valence-corrected chi connectivity index (χ3v) is 5.29. The molecule has 1 saturated heterocycles. The minimum Gasteiger partial charge on any atom is -0.476 e. The van der Waals surface area contributed by atoms with Gasteiger partial charge < -0.3 is 15.3 Å². The monoisotopic (exact) mass is 373 g/mol. The minimum atomic E-state index is -1.05. The molecule has 3 rings (SSSR count). The van der Waals surface area contributed by atoms with Gasteiger partial charge in [0.1, 0.15) is 5.01 Å². The van der Waals surface area contributed by atoms with Gasteiger partial charge >= 0.3 is 5.97 Å².